The molecular weight excluding hydrogens is 252 g/mol. The molecule has 1 aliphatic carbocycles. The fraction of sp³-hybridized carbons (Fsp3) is 0.500. The maximum absolute atomic E-state index is 11.0. The van der Waals surface area contributed by atoms with Crippen LogP contribution in [0.2, 0.25) is 5.02 Å². The van der Waals surface area contributed by atoms with Crippen LogP contribution >= 0.6 is 23.4 Å². The topological polar surface area (TPSA) is 17.1 Å². The first-order chi connectivity index (χ1) is 8.19. The predicted molar refractivity (Wildman–Crippen MR) is 74.1 cm³/mol. The van der Waals surface area contributed by atoms with Gasteiger partial charge in [0.2, 0.25) is 0 Å². The average Bonchev–Trinajstić information content (AvgIpc) is 2.29. The van der Waals surface area contributed by atoms with Crippen LogP contribution in [0.15, 0.2) is 23.1 Å². The van der Waals surface area contributed by atoms with E-state index < -0.39 is 0 Å². The van der Waals surface area contributed by atoms with Crippen LogP contribution in [0.25, 0.3) is 0 Å². The van der Waals surface area contributed by atoms with Gasteiger partial charge in [0.25, 0.3) is 0 Å². The molecule has 0 aromatic heterocycles. The largest absolute Gasteiger partial charge is 0.298 e. The Balaban J connectivity index is 2.11. The van der Waals surface area contributed by atoms with E-state index in [1.807, 2.05) is 23.9 Å². The Kier molecular flexibility index (Phi) is 4.52. The van der Waals surface area contributed by atoms with E-state index in [4.69, 9.17) is 11.6 Å². The van der Waals surface area contributed by atoms with E-state index in [2.05, 4.69) is 6.92 Å². The second-order valence-corrected chi connectivity index (χ2v) is 6.59. The number of hydrogen-bond acceptors (Lipinski definition) is 2. The lowest BCUT2D eigenvalue weighted by molar-refractivity contribution is 0.112. The maximum Gasteiger partial charge on any atom is 0.151 e. The SMILES string of the molecule is CC1CCCC(Sc2cc(Cl)ccc2C=O)C1. The predicted octanol–water partition coefficient (Wildman–Crippen LogP) is 4.82. The molecule has 2 atom stereocenters. The zero-order chi connectivity index (χ0) is 12.3. The van der Waals surface area contributed by atoms with Gasteiger partial charge in [0.1, 0.15) is 0 Å². The van der Waals surface area contributed by atoms with Gasteiger partial charge in [-0.2, -0.15) is 0 Å². The first-order valence-electron chi connectivity index (χ1n) is 6.10. The lowest BCUT2D eigenvalue weighted by atomic mass is 9.91. The summed E-state index contributed by atoms with van der Waals surface area (Å²) in [6.45, 7) is 2.31. The van der Waals surface area contributed by atoms with E-state index in [1.165, 1.54) is 25.7 Å². The summed E-state index contributed by atoms with van der Waals surface area (Å²) in [6.07, 6.45) is 6.06. The van der Waals surface area contributed by atoms with Crippen LogP contribution in [0.4, 0.5) is 0 Å². The molecule has 1 nitrogen and oxygen atoms in total. The summed E-state index contributed by atoms with van der Waals surface area (Å²) in [7, 11) is 0. The molecule has 3 heteroatoms. The maximum atomic E-state index is 11.0. The number of thioether (sulfide) groups is 1. The van der Waals surface area contributed by atoms with Crippen LogP contribution in [0.3, 0.4) is 0 Å². The van der Waals surface area contributed by atoms with E-state index in [9.17, 15) is 4.79 Å². The Labute approximate surface area is 112 Å². The third kappa shape index (κ3) is 3.49. The molecule has 0 heterocycles. The van der Waals surface area contributed by atoms with Gasteiger partial charge in [0, 0.05) is 20.7 Å². The van der Waals surface area contributed by atoms with Gasteiger partial charge in [-0.15, -0.1) is 11.8 Å². The Morgan fingerprint density at radius 1 is 1.41 bits per heavy atom. The van der Waals surface area contributed by atoms with Crippen LogP contribution in [-0.2, 0) is 0 Å². The van der Waals surface area contributed by atoms with Crippen molar-refractivity contribution < 1.29 is 4.79 Å². The Morgan fingerprint density at radius 2 is 2.24 bits per heavy atom. The minimum Gasteiger partial charge on any atom is -0.298 e. The van der Waals surface area contributed by atoms with Gasteiger partial charge < -0.3 is 0 Å². The normalized spacial score (nSPS) is 24.6. The highest BCUT2D eigenvalue weighted by Gasteiger charge is 2.20. The molecule has 0 saturated heterocycles. The second kappa shape index (κ2) is 5.92. The van der Waals surface area contributed by atoms with E-state index in [-0.39, 0.29) is 0 Å². The quantitative estimate of drug-likeness (QED) is 0.731. The van der Waals surface area contributed by atoms with Gasteiger partial charge in [0.05, 0.1) is 0 Å². The lowest BCUT2D eigenvalue weighted by Gasteiger charge is -2.26. The summed E-state index contributed by atoms with van der Waals surface area (Å²) in [5.74, 6) is 0.806. The van der Waals surface area contributed by atoms with Crippen molar-refractivity contribution in [1.82, 2.24) is 0 Å². The summed E-state index contributed by atoms with van der Waals surface area (Å²) in [4.78, 5) is 12.0. The zero-order valence-corrected chi connectivity index (χ0v) is 11.6. The molecule has 2 unspecified atom stereocenters. The van der Waals surface area contributed by atoms with Crippen molar-refractivity contribution in [2.75, 3.05) is 0 Å². The van der Waals surface area contributed by atoms with Crippen LogP contribution in [0.1, 0.15) is 43.0 Å². The van der Waals surface area contributed by atoms with Crippen molar-refractivity contribution in [1.29, 1.82) is 0 Å². The monoisotopic (exact) mass is 268 g/mol. The summed E-state index contributed by atoms with van der Waals surface area (Å²) in [5.41, 5.74) is 0.762. The minimum absolute atomic E-state index is 0.635. The van der Waals surface area contributed by atoms with Crippen LogP contribution < -0.4 is 0 Å². The number of carbonyl (C=O) groups excluding carboxylic acids is 1. The third-order valence-electron chi connectivity index (χ3n) is 3.28. The van der Waals surface area contributed by atoms with Crippen molar-refractivity contribution >= 4 is 29.6 Å². The number of aldehydes is 1. The lowest BCUT2D eigenvalue weighted by Crippen LogP contribution is -2.15. The number of benzene rings is 1. The highest BCUT2D eigenvalue weighted by molar-refractivity contribution is 8.00. The van der Waals surface area contributed by atoms with E-state index >= 15 is 0 Å². The highest BCUT2D eigenvalue weighted by Crippen LogP contribution is 2.37. The summed E-state index contributed by atoms with van der Waals surface area (Å²) in [6, 6.07) is 5.50. The van der Waals surface area contributed by atoms with Gasteiger partial charge in [-0.25, -0.2) is 0 Å². The molecule has 0 amide bonds. The zero-order valence-electron chi connectivity index (χ0n) is 9.99. The van der Waals surface area contributed by atoms with Gasteiger partial charge in [-0.05, 0) is 37.0 Å². The van der Waals surface area contributed by atoms with Crippen molar-refractivity contribution in [2.45, 2.75) is 42.8 Å². The fourth-order valence-corrected chi connectivity index (χ4v) is 4.13. The number of halogens is 1. The third-order valence-corrected chi connectivity index (χ3v) is 4.89. The standard InChI is InChI=1S/C14H17ClOS/c1-10-3-2-4-13(7-10)17-14-8-12(15)6-5-11(14)9-16/h5-6,8-10,13H,2-4,7H2,1H3. The first kappa shape index (κ1) is 13.0. The molecule has 17 heavy (non-hydrogen) atoms. The van der Waals surface area contributed by atoms with Crippen molar-refractivity contribution in [3.05, 3.63) is 28.8 Å². The van der Waals surface area contributed by atoms with Gasteiger partial charge in [-0.3, -0.25) is 4.79 Å². The molecule has 1 saturated carbocycles. The minimum atomic E-state index is 0.635. The molecular formula is C14H17ClOS. The van der Waals surface area contributed by atoms with E-state index in [1.54, 1.807) is 6.07 Å². The molecule has 2 rings (SSSR count). The van der Waals surface area contributed by atoms with Crippen molar-refractivity contribution in [3.63, 3.8) is 0 Å². The van der Waals surface area contributed by atoms with Gasteiger partial charge in [0.15, 0.2) is 6.29 Å². The van der Waals surface area contributed by atoms with Crippen LogP contribution in [0, 0.1) is 5.92 Å². The fourth-order valence-electron chi connectivity index (χ4n) is 2.37. The number of carbonyl (C=O) groups is 1. The van der Waals surface area contributed by atoms with E-state index in [0.717, 1.165) is 22.7 Å². The first-order valence-corrected chi connectivity index (χ1v) is 7.36. The molecule has 0 spiro atoms. The molecule has 0 aliphatic heterocycles. The van der Waals surface area contributed by atoms with Crippen molar-refractivity contribution in [3.8, 4) is 0 Å². The summed E-state index contributed by atoms with van der Waals surface area (Å²) >= 11 is 7.81. The molecule has 0 N–H and O–H groups in total. The smallest absolute Gasteiger partial charge is 0.151 e. The Hall–Kier alpha value is -0.470. The molecule has 1 aliphatic rings. The van der Waals surface area contributed by atoms with Crippen LogP contribution in [-0.4, -0.2) is 11.5 Å². The molecule has 0 radical (unpaired) electrons. The van der Waals surface area contributed by atoms with E-state index in [0.29, 0.717) is 10.3 Å². The van der Waals surface area contributed by atoms with Gasteiger partial charge in [-0.1, -0.05) is 31.4 Å². The van der Waals surface area contributed by atoms with Gasteiger partial charge >= 0.3 is 0 Å². The average molecular weight is 269 g/mol. The number of hydrogen-bond donors (Lipinski definition) is 0. The molecule has 0 bridgehead atoms. The second-order valence-electron chi connectivity index (χ2n) is 4.81. The summed E-state index contributed by atoms with van der Waals surface area (Å²) < 4.78 is 0. The molecule has 1 fully saturated rings. The highest BCUT2D eigenvalue weighted by atomic mass is 35.5. The Bertz CT molecular complexity index is 405. The van der Waals surface area contributed by atoms with Crippen molar-refractivity contribution in [2.24, 2.45) is 5.92 Å². The number of rotatable bonds is 3. The Morgan fingerprint density at radius 3 is 2.94 bits per heavy atom. The molecule has 92 valence electrons. The molecule has 1 aromatic rings. The van der Waals surface area contributed by atoms with Crippen LogP contribution in [0.5, 0.6) is 0 Å². The summed E-state index contributed by atoms with van der Waals surface area (Å²) in [5, 5.41) is 1.35. The molecule has 1 aromatic carbocycles.